The number of nitrogens with two attached hydrogens (primary N) is 1. The summed E-state index contributed by atoms with van der Waals surface area (Å²) in [6.45, 7) is 1.36. The normalized spacial score (nSPS) is 24.6. The van der Waals surface area contributed by atoms with Crippen LogP contribution in [-0.4, -0.2) is 35.8 Å². The molecule has 3 N–H and O–H groups in total. The molecule has 2 saturated heterocycles. The third kappa shape index (κ3) is 2.73. The number of nitrogen functional groups attached to an aromatic ring is 1. The minimum absolute atomic E-state index is 0.00973. The Kier molecular flexibility index (Phi) is 3.82. The molecule has 1 aromatic carbocycles. The minimum Gasteiger partial charge on any atom is -0.399 e. The van der Waals surface area contributed by atoms with E-state index in [1.54, 1.807) is 0 Å². The molecule has 5 nitrogen and oxygen atoms in total. The van der Waals surface area contributed by atoms with Gasteiger partial charge < -0.3 is 16.0 Å². The van der Waals surface area contributed by atoms with Gasteiger partial charge in [-0.05, 0) is 30.9 Å². The maximum atomic E-state index is 12.5. The highest BCUT2D eigenvalue weighted by Gasteiger charge is 2.42. The first-order chi connectivity index (χ1) is 10.2. The van der Waals surface area contributed by atoms with E-state index in [2.05, 4.69) is 5.32 Å². The van der Waals surface area contributed by atoms with E-state index in [0.717, 1.165) is 30.6 Å². The van der Waals surface area contributed by atoms with Gasteiger partial charge in [0.2, 0.25) is 11.8 Å². The number of carbonyl (C=O) groups excluding carboxylic acids is 2. The summed E-state index contributed by atoms with van der Waals surface area (Å²) in [4.78, 5) is 26.1. The van der Waals surface area contributed by atoms with Gasteiger partial charge in [-0.25, -0.2) is 0 Å². The van der Waals surface area contributed by atoms with E-state index in [1.807, 2.05) is 29.2 Å². The second kappa shape index (κ2) is 5.76. The molecule has 0 saturated carbocycles. The highest BCUT2D eigenvalue weighted by atomic mass is 16.2. The highest BCUT2D eigenvalue weighted by Crippen LogP contribution is 2.28. The number of likely N-dealkylation sites (tertiary alicyclic amines) is 1. The van der Waals surface area contributed by atoms with E-state index in [9.17, 15) is 9.59 Å². The van der Waals surface area contributed by atoms with Gasteiger partial charge in [0.15, 0.2) is 0 Å². The molecule has 5 heteroatoms. The fourth-order valence-corrected chi connectivity index (χ4v) is 3.41. The van der Waals surface area contributed by atoms with Crippen LogP contribution in [0.5, 0.6) is 0 Å². The maximum Gasteiger partial charge on any atom is 0.225 e. The van der Waals surface area contributed by atoms with Crippen molar-refractivity contribution in [2.24, 2.45) is 5.92 Å². The predicted molar refractivity (Wildman–Crippen MR) is 80.4 cm³/mol. The van der Waals surface area contributed by atoms with E-state index in [-0.39, 0.29) is 23.8 Å². The van der Waals surface area contributed by atoms with E-state index < -0.39 is 0 Å². The number of rotatable bonds is 3. The summed E-state index contributed by atoms with van der Waals surface area (Å²) >= 11 is 0. The Hall–Kier alpha value is -2.04. The zero-order valence-electron chi connectivity index (χ0n) is 12.0. The van der Waals surface area contributed by atoms with E-state index in [4.69, 9.17) is 5.73 Å². The number of fused-ring (bicyclic) bond motifs is 1. The zero-order valence-corrected chi connectivity index (χ0v) is 12.0. The Morgan fingerprint density at radius 2 is 2.19 bits per heavy atom. The summed E-state index contributed by atoms with van der Waals surface area (Å²) in [5.41, 5.74) is 7.66. The molecule has 3 rings (SSSR count). The van der Waals surface area contributed by atoms with Gasteiger partial charge in [0, 0.05) is 25.2 Å². The summed E-state index contributed by atoms with van der Waals surface area (Å²) in [5.74, 6) is 0.221. The molecule has 2 unspecified atom stereocenters. The number of aryl methyl sites for hydroxylation is 1. The van der Waals surface area contributed by atoms with Crippen molar-refractivity contribution < 1.29 is 9.59 Å². The Balaban J connectivity index is 1.63. The average Bonchev–Trinajstić information content (AvgIpc) is 2.88. The van der Waals surface area contributed by atoms with Gasteiger partial charge in [-0.1, -0.05) is 18.2 Å². The van der Waals surface area contributed by atoms with Crippen molar-refractivity contribution in [3.63, 3.8) is 0 Å². The molecule has 0 spiro atoms. The average molecular weight is 287 g/mol. The fraction of sp³-hybridized carbons (Fsp3) is 0.500. The lowest BCUT2D eigenvalue weighted by atomic mass is 9.91. The summed E-state index contributed by atoms with van der Waals surface area (Å²) in [5, 5.41) is 2.88. The van der Waals surface area contributed by atoms with Crippen LogP contribution in [0.3, 0.4) is 0 Å². The van der Waals surface area contributed by atoms with Crippen molar-refractivity contribution in [3.8, 4) is 0 Å². The molecule has 2 aliphatic heterocycles. The first-order valence-corrected chi connectivity index (χ1v) is 7.57. The van der Waals surface area contributed by atoms with Crippen LogP contribution in [0.25, 0.3) is 0 Å². The van der Waals surface area contributed by atoms with E-state index >= 15 is 0 Å². The topological polar surface area (TPSA) is 75.4 Å². The monoisotopic (exact) mass is 287 g/mol. The first kappa shape index (κ1) is 13.9. The number of hydrogen-bond acceptors (Lipinski definition) is 3. The summed E-state index contributed by atoms with van der Waals surface area (Å²) in [6.07, 6.45) is 2.91. The first-order valence-electron chi connectivity index (χ1n) is 7.57. The fourth-order valence-electron chi connectivity index (χ4n) is 3.41. The molecule has 2 atom stereocenters. The molecule has 2 fully saturated rings. The van der Waals surface area contributed by atoms with Crippen LogP contribution in [-0.2, 0) is 16.0 Å². The number of carbonyl (C=O) groups is 2. The third-order valence-electron chi connectivity index (χ3n) is 4.58. The summed E-state index contributed by atoms with van der Waals surface area (Å²) in [6, 6.07) is 7.70. The van der Waals surface area contributed by atoms with Gasteiger partial charge in [0.25, 0.3) is 0 Å². The van der Waals surface area contributed by atoms with Gasteiger partial charge in [-0.2, -0.15) is 0 Å². The van der Waals surface area contributed by atoms with Crippen LogP contribution in [0.2, 0.25) is 0 Å². The molecular weight excluding hydrogens is 266 g/mol. The maximum absolute atomic E-state index is 12.5. The van der Waals surface area contributed by atoms with Crippen LogP contribution < -0.4 is 11.1 Å². The summed E-state index contributed by atoms with van der Waals surface area (Å²) in [7, 11) is 0. The standard InChI is InChI=1S/C16H21N3O2/c17-13-6-2-1-4-11(13)7-8-15(20)19-9-3-5-12-14(19)10-18-16(12)21/h1-2,4,6,12,14H,3,5,7-10,17H2,(H,18,21). The predicted octanol–water partition coefficient (Wildman–Crippen LogP) is 0.938. The molecule has 0 radical (unpaired) electrons. The molecule has 2 amide bonds. The van der Waals surface area contributed by atoms with Crippen LogP contribution in [0, 0.1) is 5.92 Å². The molecule has 0 bridgehead atoms. The molecule has 0 aliphatic carbocycles. The SMILES string of the molecule is Nc1ccccc1CCC(=O)N1CCCC2C(=O)NCC21. The van der Waals surface area contributed by atoms with Gasteiger partial charge in [0.1, 0.15) is 0 Å². The van der Waals surface area contributed by atoms with Crippen LogP contribution in [0.15, 0.2) is 24.3 Å². The second-order valence-electron chi connectivity index (χ2n) is 5.85. The number of para-hydroxylation sites is 1. The largest absolute Gasteiger partial charge is 0.399 e. The van der Waals surface area contributed by atoms with Crippen molar-refractivity contribution in [2.45, 2.75) is 31.7 Å². The molecule has 2 aliphatic rings. The van der Waals surface area contributed by atoms with Crippen molar-refractivity contribution >= 4 is 17.5 Å². The second-order valence-corrected chi connectivity index (χ2v) is 5.85. The lowest BCUT2D eigenvalue weighted by molar-refractivity contribution is -0.136. The number of nitrogens with one attached hydrogen (secondary N) is 1. The van der Waals surface area contributed by atoms with E-state index in [0.29, 0.717) is 19.4 Å². The number of benzene rings is 1. The Labute approximate surface area is 124 Å². The Bertz CT molecular complexity index is 558. The minimum atomic E-state index is -0.00973. The smallest absolute Gasteiger partial charge is 0.225 e. The lowest BCUT2D eigenvalue weighted by Crippen LogP contribution is -2.48. The quantitative estimate of drug-likeness (QED) is 0.812. The van der Waals surface area contributed by atoms with Crippen LogP contribution >= 0.6 is 0 Å². The van der Waals surface area contributed by atoms with E-state index in [1.165, 1.54) is 0 Å². The molecule has 1 aromatic rings. The van der Waals surface area contributed by atoms with Crippen molar-refractivity contribution in [3.05, 3.63) is 29.8 Å². The molecule has 2 heterocycles. The molecule has 0 aromatic heterocycles. The van der Waals surface area contributed by atoms with Gasteiger partial charge in [0.05, 0.1) is 12.0 Å². The number of piperidine rings is 1. The van der Waals surface area contributed by atoms with Crippen LogP contribution in [0.4, 0.5) is 5.69 Å². The van der Waals surface area contributed by atoms with Crippen molar-refractivity contribution in [1.29, 1.82) is 0 Å². The number of nitrogens with zero attached hydrogens (tertiary/aromatic N) is 1. The van der Waals surface area contributed by atoms with Crippen LogP contribution in [0.1, 0.15) is 24.8 Å². The van der Waals surface area contributed by atoms with Crippen molar-refractivity contribution in [1.82, 2.24) is 10.2 Å². The number of hydrogen-bond donors (Lipinski definition) is 2. The van der Waals surface area contributed by atoms with Gasteiger partial charge in [-0.3, -0.25) is 9.59 Å². The summed E-state index contributed by atoms with van der Waals surface area (Å²) < 4.78 is 0. The molecule has 21 heavy (non-hydrogen) atoms. The zero-order chi connectivity index (χ0) is 14.8. The van der Waals surface area contributed by atoms with Crippen molar-refractivity contribution in [2.75, 3.05) is 18.8 Å². The van der Waals surface area contributed by atoms with Gasteiger partial charge in [-0.15, -0.1) is 0 Å². The third-order valence-corrected chi connectivity index (χ3v) is 4.58. The van der Waals surface area contributed by atoms with Gasteiger partial charge >= 0.3 is 0 Å². The number of amides is 2. The Morgan fingerprint density at radius 1 is 1.38 bits per heavy atom. The Morgan fingerprint density at radius 3 is 3.00 bits per heavy atom. The molecular formula is C16H21N3O2. The highest BCUT2D eigenvalue weighted by molar-refractivity contribution is 5.84. The molecule has 112 valence electrons. The lowest BCUT2D eigenvalue weighted by Gasteiger charge is -2.36. The number of anilines is 1.